The Bertz CT molecular complexity index is 698. The average Bonchev–Trinajstić information content (AvgIpc) is 2.84. The number of piperidine rings is 1. The molecule has 0 radical (unpaired) electrons. The van der Waals surface area contributed by atoms with Crippen LogP contribution in [0.5, 0.6) is 0 Å². The maximum absolute atomic E-state index is 12.8. The molecule has 1 aromatic rings. The molecule has 7 heteroatoms. The summed E-state index contributed by atoms with van der Waals surface area (Å²) in [6, 6.07) is 4.81. The first kappa shape index (κ1) is 16.9. The minimum atomic E-state index is -0.385. The van der Waals surface area contributed by atoms with Gasteiger partial charge in [-0.2, -0.15) is 0 Å². The quantitative estimate of drug-likeness (QED) is 0.756. The number of primary amides is 1. The number of hydrogen-bond acceptors (Lipinski definition) is 3. The highest BCUT2D eigenvalue weighted by atomic mass is 35.5. The van der Waals surface area contributed by atoms with E-state index in [0.29, 0.717) is 36.6 Å². The third-order valence-electron chi connectivity index (χ3n) is 5.08. The Morgan fingerprint density at radius 2 is 1.96 bits per heavy atom. The van der Waals surface area contributed by atoms with Crippen molar-refractivity contribution >= 4 is 35.0 Å². The zero-order valence-corrected chi connectivity index (χ0v) is 14.3. The Morgan fingerprint density at radius 3 is 2.58 bits per heavy atom. The van der Waals surface area contributed by atoms with E-state index < -0.39 is 0 Å². The Kier molecular flexibility index (Phi) is 4.60. The van der Waals surface area contributed by atoms with Crippen molar-refractivity contribution in [2.75, 3.05) is 18.0 Å². The van der Waals surface area contributed by atoms with Crippen LogP contribution in [-0.2, 0) is 14.4 Å². The summed E-state index contributed by atoms with van der Waals surface area (Å²) in [6.07, 6.45) is 1.53. The van der Waals surface area contributed by atoms with Crippen LogP contribution in [0.15, 0.2) is 18.2 Å². The first-order chi connectivity index (χ1) is 11.4. The van der Waals surface area contributed by atoms with E-state index in [9.17, 15) is 14.4 Å². The highest BCUT2D eigenvalue weighted by molar-refractivity contribution is 6.31. The number of halogens is 1. The van der Waals surface area contributed by atoms with Crippen molar-refractivity contribution in [2.24, 2.45) is 11.7 Å². The summed E-state index contributed by atoms with van der Waals surface area (Å²) < 4.78 is 0. The van der Waals surface area contributed by atoms with Crippen LogP contribution in [-0.4, -0.2) is 36.9 Å². The van der Waals surface area contributed by atoms with Crippen molar-refractivity contribution in [3.63, 3.8) is 0 Å². The second-order valence-electron chi connectivity index (χ2n) is 6.59. The molecule has 3 rings (SSSR count). The summed E-state index contributed by atoms with van der Waals surface area (Å²) in [7, 11) is 0. The number of carbonyl (C=O) groups is 3. The van der Waals surface area contributed by atoms with E-state index >= 15 is 0 Å². The van der Waals surface area contributed by atoms with Crippen molar-refractivity contribution in [1.29, 1.82) is 0 Å². The average molecular weight is 351 g/mol. The number of nitrogens with two attached hydrogens (primary N) is 1. The second-order valence-corrected chi connectivity index (χ2v) is 7.03. The molecule has 3 N–H and O–H groups in total. The lowest BCUT2D eigenvalue weighted by Gasteiger charge is -2.30. The molecule has 2 heterocycles. The van der Waals surface area contributed by atoms with Crippen molar-refractivity contribution in [1.82, 2.24) is 0 Å². The Balaban J connectivity index is 1.78. The van der Waals surface area contributed by atoms with Crippen molar-refractivity contribution < 1.29 is 19.3 Å². The van der Waals surface area contributed by atoms with Gasteiger partial charge in [-0.25, -0.2) is 4.90 Å². The van der Waals surface area contributed by atoms with Crippen LogP contribution in [0.1, 0.15) is 24.8 Å². The molecule has 0 aromatic heterocycles. The highest BCUT2D eigenvalue weighted by Gasteiger charge is 2.47. The van der Waals surface area contributed by atoms with Gasteiger partial charge < -0.3 is 10.6 Å². The molecule has 0 spiro atoms. The Hall–Kier alpha value is -1.92. The number of nitrogens with one attached hydrogen (secondary N) is 1. The van der Waals surface area contributed by atoms with Gasteiger partial charge in [0.1, 0.15) is 0 Å². The molecule has 24 heavy (non-hydrogen) atoms. The van der Waals surface area contributed by atoms with Crippen LogP contribution in [0.4, 0.5) is 5.69 Å². The van der Waals surface area contributed by atoms with Gasteiger partial charge in [0, 0.05) is 23.8 Å². The van der Waals surface area contributed by atoms with Gasteiger partial charge in [-0.15, -0.1) is 0 Å². The molecule has 0 aliphatic carbocycles. The third kappa shape index (κ3) is 3.03. The van der Waals surface area contributed by atoms with Gasteiger partial charge in [-0.1, -0.05) is 17.7 Å². The largest absolute Gasteiger partial charge is 0.369 e. The van der Waals surface area contributed by atoms with Gasteiger partial charge in [0.25, 0.3) is 5.91 Å². The summed E-state index contributed by atoms with van der Waals surface area (Å²) in [5.41, 5.74) is 6.75. The Morgan fingerprint density at radius 1 is 1.29 bits per heavy atom. The van der Waals surface area contributed by atoms with Crippen molar-refractivity contribution in [3.05, 3.63) is 28.8 Å². The predicted molar refractivity (Wildman–Crippen MR) is 89.7 cm³/mol. The predicted octanol–water partition coefficient (Wildman–Crippen LogP) is 0.0605. The molecule has 3 amide bonds. The molecule has 0 saturated carbocycles. The molecule has 0 unspecified atom stereocenters. The normalized spacial score (nSPS) is 27.6. The lowest BCUT2D eigenvalue weighted by Crippen LogP contribution is -3.17. The van der Waals surface area contributed by atoms with Gasteiger partial charge in [0.15, 0.2) is 6.04 Å². The van der Waals surface area contributed by atoms with E-state index in [1.54, 1.807) is 18.2 Å². The van der Waals surface area contributed by atoms with Crippen LogP contribution in [0.25, 0.3) is 0 Å². The first-order valence-electron chi connectivity index (χ1n) is 8.15. The second kappa shape index (κ2) is 6.53. The molecule has 128 valence electrons. The molecule has 2 aliphatic heterocycles. The number of aryl methyl sites for hydroxylation is 1. The van der Waals surface area contributed by atoms with E-state index in [0.717, 1.165) is 10.5 Å². The number of quaternary nitrogens is 1. The fourth-order valence-electron chi connectivity index (χ4n) is 3.65. The van der Waals surface area contributed by atoms with Gasteiger partial charge >= 0.3 is 0 Å². The van der Waals surface area contributed by atoms with E-state index in [2.05, 4.69) is 0 Å². The Labute approximate surface area is 145 Å². The molecular formula is C17H21ClN3O3+. The van der Waals surface area contributed by atoms with Gasteiger partial charge in [0.2, 0.25) is 11.8 Å². The molecule has 2 aliphatic rings. The summed E-state index contributed by atoms with van der Waals surface area (Å²) in [5.74, 6) is -0.774. The summed E-state index contributed by atoms with van der Waals surface area (Å²) in [4.78, 5) is 38.9. The van der Waals surface area contributed by atoms with Gasteiger partial charge in [0.05, 0.1) is 25.2 Å². The zero-order valence-electron chi connectivity index (χ0n) is 13.5. The smallest absolute Gasteiger partial charge is 0.292 e. The van der Waals surface area contributed by atoms with E-state index in [4.69, 9.17) is 17.3 Å². The maximum atomic E-state index is 12.8. The summed E-state index contributed by atoms with van der Waals surface area (Å²) >= 11 is 6.02. The zero-order chi connectivity index (χ0) is 17.4. The summed E-state index contributed by atoms with van der Waals surface area (Å²) in [6.45, 7) is 3.21. The topological polar surface area (TPSA) is 84.9 Å². The van der Waals surface area contributed by atoms with Crippen molar-refractivity contribution in [2.45, 2.75) is 32.2 Å². The van der Waals surface area contributed by atoms with Crippen LogP contribution in [0, 0.1) is 12.8 Å². The molecular weight excluding hydrogens is 330 g/mol. The third-order valence-corrected chi connectivity index (χ3v) is 5.32. The fourth-order valence-corrected chi connectivity index (χ4v) is 3.82. The number of amides is 3. The van der Waals surface area contributed by atoms with E-state index in [1.807, 2.05) is 6.92 Å². The van der Waals surface area contributed by atoms with Crippen molar-refractivity contribution in [3.8, 4) is 0 Å². The number of carbonyl (C=O) groups excluding carboxylic acids is 3. The van der Waals surface area contributed by atoms with Crippen LogP contribution < -0.4 is 15.5 Å². The molecule has 2 saturated heterocycles. The fraction of sp³-hybridized carbons (Fsp3) is 0.471. The van der Waals surface area contributed by atoms with Crippen LogP contribution in [0.3, 0.4) is 0 Å². The number of nitrogens with zero attached hydrogens (tertiary/aromatic N) is 1. The maximum Gasteiger partial charge on any atom is 0.292 e. The van der Waals surface area contributed by atoms with E-state index in [-0.39, 0.29) is 36.1 Å². The lowest BCUT2D eigenvalue weighted by molar-refractivity contribution is -0.920. The number of anilines is 1. The molecule has 0 bridgehead atoms. The van der Waals surface area contributed by atoms with Gasteiger partial charge in [-0.05, 0) is 24.6 Å². The SMILES string of the molecule is Cc1ccc(Cl)cc1N1C(=O)C[C@@H]([NH+]2CCC(C(N)=O)CC2)C1=O. The van der Waals surface area contributed by atoms with Gasteiger partial charge in [-0.3, -0.25) is 14.4 Å². The number of imide groups is 1. The standard InChI is InChI=1S/C17H20ClN3O3/c1-10-2-3-12(18)8-13(10)21-15(22)9-14(17(21)24)20-6-4-11(5-7-20)16(19)23/h2-3,8,11,14H,4-7,9H2,1H3,(H2,19,23)/p+1/t14-/m1/s1. The molecule has 1 aromatic carbocycles. The minimum absolute atomic E-state index is 0.118. The number of rotatable bonds is 3. The van der Waals surface area contributed by atoms with E-state index in [1.165, 1.54) is 4.90 Å². The number of hydrogen-bond donors (Lipinski definition) is 2. The lowest BCUT2D eigenvalue weighted by atomic mass is 9.95. The highest BCUT2D eigenvalue weighted by Crippen LogP contribution is 2.28. The molecule has 1 atom stereocenters. The van der Waals surface area contributed by atoms with Crippen LogP contribution >= 0.6 is 11.6 Å². The molecule has 2 fully saturated rings. The molecule has 6 nitrogen and oxygen atoms in total. The monoisotopic (exact) mass is 350 g/mol. The van der Waals surface area contributed by atoms with Crippen LogP contribution in [0.2, 0.25) is 5.02 Å². The summed E-state index contributed by atoms with van der Waals surface area (Å²) in [5, 5.41) is 0.495. The minimum Gasteiger partial charge on any atom is -0.369 e. The number of likely N-dealkylation sites (tertiary alicyclic amines) is 1. The first-order valence-corrected chi connectivity index (χ1v) is 8.53. The number of benzene rings is 1.